The second-order valence-corrected chi connectivity index (χ2v) is 7.27. The van der Waals surface area contributed by atoms with Crippen LogP contribution in [0, 0.1) is 19.8 Å². The molecule has 1 aliphatic heterocycles. The molecule has 1 amide bonds. The van der Waals surface area contributed by atoms with Crippen LogP contribution in [0.5, 0.6) is 0 Å². The van der Waals surface area contributed by atoms with Crippen molar-refractivity contribution in [2.45, 2.75) is 77.8 Å². The van der Waals surface area contributed by atoms with E-state index in [1.54, 1.807) is 0 Å². The number of nitrogens with zero attached hydrogens (tertiary/aromatic N) is 3. The van der Waals surface area contributed by atoms with Crippen LogP contribution in [0.4, 0.5) is 0 Å². The molecule has 3 unspecified atom stereocenters. The minimum atomic E-state index is 0.351. The van der Waals surface area contributed by atoms with Crippen molar-refractivity contribution in [3.05, 3.63) is 17.0 Å². The molecule has 2 aliphatic rings. The summed E-state index contributed by atoms with van der Waals surface area (Å²) in [5, 5.41) is 4.46. The maximum atomic E-state index is 12.8. The summed E-state index contributed by atoms with van der Waals surface area (Å²) < 4.78 is 1.92. The molecule has 2 heterocycles. The van der Waals surface area contributed by atoms with Crippen LogP contribution in [0.15, 0.2) is 0 Å². The van der Waals surface area contributed by atoms with E-state index in [9.17, 15) is 4.79 Å². The van der Waals surface area contributed by atoms with Crippen LogP contribution in [0.25, 0.3) is 0 Å². The smallest absolute Gasteiger partial charge is 0.223 e. The molecule has 0 spiro atoms. The molecule has 1 aromatic heterocycles. The first-order valence-electron chi connectivity index (χ1n) is 8.79. The molecule has 0 aromatic carbocycles. The molecule has 22 heavy (non-hydrogen) atoms. The number of hydrogen-bond donors (Lipinski definition) is 0. The summed E-state index contributed by atoms with van der Waals surface area (Å²) in [4.78, 5) is 15.0. The van der Waals surface area contributed by atoms with Crippen molar-refractivity contribution in [2.24, 2.45) is 13.0 Å². The Labute approximate surface area is 133 Å². The number of amides is 1. The number of hydrogen-bond acceptors (Lipinski definition) is 2. The number of carbonyl (C=O) groups is 1. The Morgan fingerprint density at radius 2 is 2.00 bits per heavy atom. The molecule has 0 N–H and O–H groups in total. The monoisotopic (exact) mass is 303 g/mol. The number of rotatable bonds is 3. The fourth-order valence-electron chi connectivity index (χ4n) is 4.68. The van der Waals surface area contributed by atoms with Crippen molar-refractivity contribution in [1.82, 2.24) is 14.7 Å². The lowest BCUT2D eigenvalue weighted by atomic mass is 9.85. The van der Waals surface area contributed by atoms with Gasteiger partial charge in [0, 0.05) is 31.2 Å². The predicted molar refractivity (Wildman–Crippen MR) is 87.7 cm³/mol. The van der Waals surface area contributed by atoms with Gasteiger partial charge in [0.1, 0.15) is 0 Å². The molecule has 1 saturated heterocycles. The molecule has 0 bridgehead atoms. The van der Waals surface area contributed by atoms with Crippen LogP contribution in [0.2, 0.25) is 0 Å². The Kier molecular flexibility index (Phi) is 4.28. The van der Waals surface area contributed by atoms with Crippen molar-refractivity contribution >= 4 is 5.91 Å². The van der Waals surface area contributed by atoms with Crippen molar-refractivity contribution in [2.75, 3.05) is 0 Å². The lowest BCUT2D eigenvalue weighted by molar-refractivity contribution is -0.134. The molecule has 4 nitrogen and oxygen atoms in total. The standard InChI is InChI=1S/C18H29N3O/c1-12-11-15-7-5-6-8-17(15)21(12)18(22)10-9-16-13(2)19-20(4)14(16)3/h12,15,17H,5-11H2,1-4H3. The van der Waals surface area contributed by atoms with Gasteiger partial charge in [-0.15, -0.1) is 0 Å². The number of fused-ring (bicyclic) bond motifs is 1. The maximum absolute atomic E-state index is 12.8. The van der Waals surface area contributed by atoms with Gasteiger partial charge in [0.2, 0.25) is 5.91 Å². The molecular weight excluding hydrogens is 274 g/mol. The summed E-state index contributed by atoms with van der Waals surface area (Å²) in [6, 6.07) is 0.948. The zero-order chi connectivity index (χ0) is 15.9. The molecule has 1 aromatic rings. The Bertz CT molecular complexity index is 563. The Balaban J connectivity index is 1.66. The second-order valence-electron chi connectivity index (χ2n) is 7.27. The highest BCUT2D eigenvalue weighted by Crippen LogP contribution is 2.39. The molecule has 122 valence electrons. The zero-order valence-corrected chi connectivity index (χ0v) is 14.4. The van der Waals surface area contributed by atoms with Crippen LogP contribution >= 0.6 is 0 Å². The molecule has 2 fully saturated rings. The van der Waals surface area contributed by atoms with E-state index in [2.05, 4.69) is 23.8 Å². The van der Waals surface area contributed by atoms with Gasteiger partial charge >= 0.3 is 0 Å². The van der Waals surface area contributed by atoms with Crippen molar-refractivity contribution in [3.63, 3.8) is 0 Å². The second kappa shape index (κ2) is 6.05. The van der Waals surface area contributed by atoms with Gasteiger partial charge in [0.05, 0.1) is 5.69 Å². The molecule has 0 radical (unpaired) electrons. The first-order valence-corrected chi connectivity index (χ1v) is 8.79. The molecule has 1 aliphatic carbocycles. The van der Waals surface area contributed by atoms with Gasteiger partial charge in [-0.1, -0.05) is 12.8 Å². The van der Waals surface area contributed by atoms with Gasteiger partial charge < -0.3 is 4.90 Å². The van der Waals surface area contributed by atoms with Crippen molar-refractivity contribution < 1.29 is 4.79 Å². The van der Waals surface area contributed by atoms with E-state index >= 15 is 0 Å². The topological polar surface area (TPSA) is 38.1 Å². The maximum Gasteiger partial charge on any atom is 0.223 e. The quantitative estimate of drug-likeness (QED) is 0.860. The SMILES string of the molecule is Cc1nn(C)c(C)c1CCC(=O)N1C(C)CC2CCCCC21. The highest BCUT2D eigenvalue weighted by Gasteiger charge is 2.42. The van der Waals surface area contributed by atoms with Crippen LogP contribution in [-0.2, 0) is 18.3 Å². The fourth-order valence-corrected chi connectivity index (χ4v) is 4.68. The summed E-state index contributed by atoms with van der Waals surface area (Å²) in [6.07, 6.45) is 7.83. The van der Waals surface area contributed by atoms with E-state index in [0.29, 0.717) is 24.4 Å². The Hall–Kier alpha value is -1.32. The minimum absolute atomic E-state index is 0.351. The lowest BCUT2D eigenvalue weighted by Crippen LogP contribution is -2.42. The third-order valence-electron chi connectivity index (χ3n) is 5.88. The van der Waals surface area contributed by atoms with Crippen molar-refractivity contribution in [1.29, 1.82) is 0 Å². The summed E-state index contributed by atoms with van der Waals surface area (Å²) in [5.74, 6) is 1.11. The number of aryl methyl sites for hydroxylation is 2. The molecule has 3 atom stereocenters. The van der Waals surface area contributed by atoms with Gasteiger partial charge in [0.25, 0.3) is 0 Å². The van der Waals surface area contributed by atoms with Gasteiger partial charge in [-0.2, -0.15) is 5.10 Å². The fraction of sp³-hybridized carbons (Fsp3) is 0.778. The highest BCUT2D eigenvalue weighted by molar-refractivity contribution is 5.77. The van der Waals surface area contributed by atoms with E-state index < -0.39 is 0 Å². The largest absolute Gasteiger partial charge is 0.337 e. The Morgan fingerprint density at radius 3 is 2.68 bits per heavy atom. The van der Waals surface area contributed by atoms with Crippen LogP contribution in [0.3, 0.4) is 0 Å². The van der Waals surface area contributed by atoms with E-state index in [4.69, 9.17) is 0 Å². The predicted octanol–water partition coefficient (Wildman–Crippen LogP) is 3.15. The molecule has 4 heteroatoms. The van der Waals surface area contributed by atoms with E-state index in [1.807, 2.05) is 18.7 Å². The third-order valence-corrected chi connectivity index (χ3v) is 5.88. The minimum Gasteiger partial charge on any atom is -0.337 e. The van der Waals surface area contributed by atoms with E-state index in [1.165, 1.54) is 43.4 Å². The number of carbonyl (C=O) groups excluding carboxylic acids is 1. The van der Waals surface area contributed by atoms with Crippen LogP contribution in [0.1, 0.15) is 62.4 Å². The van der Waals surface area contributed by atoms with Crippen LogP contribution in [-0.4, -0.2) is 32.7 Å². The summed E-state index contributed by atoms with van der Waals surface area (Å²) in [5.41, 5.74) is 3.51. The Morgan fingerprint density at radius 1 is 1.27 bits per heavy atom. The van der Waals surface area contributed by atoms with E-state index in [0.717, 1.165) is 18.0 Å². The highest BCUT2D eigenvalue weighted by atomic mass is 16.2. The van der Waals surface area contributed by atoms with E-state index in [-0.39, 0.29) is 0 Å². The normalized spacial score (nSPS) is 28.0. The van der Waals surface area contributed by atoms with Gasteiger partial charge in [-0.3, -0.25) is 9.48 Å². The average molecular weight is 303 g/mol. The van der Waals surface area contributed by atoms with Crippen molar-refractivity contribution in [3.8, 4) is 0 Å². The van der Waals surface area contributed by atoms with Gasteiger partial charge in [-0.05, 0) is 57.9 Å². The average Bonchev–Trinajstić information content (AvgIpc) is 2.93. The van der Waals surface area contributed by atoms with Crippen LogP contribution < -0.4 is 0 Å². The van der Waals surface area contributed by atoms with Gasteiger partial charge in [-0.25, -0.2) is 0 Å². The zero-order valence-electron chi connectivity index (χ0n) is 14.4. The molecular formula is C18H29N3O. The number of likely N-dealkylation sites (tertiary alicyclic amines) is 1. The third kappa shape index (κ3) is 2.68. The molecule has 3 rings (SSSR count). The summed E-state index contributed by atoms with van der Waals surface area (Å²) in [7, 11) is 1.98. The van der Waals surface area contributed by atoms with Gasteiger partial charge in [0.15, 0.2) is 0 Å². The first kappa shape index (κ1) is 15.6. The first-order chi connectivity index (χ1) is 10.5. The lowest BCUT2D eigenvalue weighted by Gasteiger charge is -2.33. The number of aromatic nitrogens is 2. The summed E-state index contributed by atoms with van der Waals surface area (Å²) in [6.45, 7) is 6.37. The summed E-state index contributed by atoms with van der Waals surface area (Å²) >= 11 is 0. The molecule has 1 saturated carbocycles.